The lowest BCUT2D eigenvalue weighted by molar-refractivity contribution is 0.669. The summed E-state index contributed by atoms with van der Waals surface area (Å²) in [5, 5.41) is 20.5. The standard InChI is InChI=1S/2C54H32N4O/c1-3-15-33(16-4-1)41-28-36(30-51-52(41)44-27-34-17-7-8-18-35(34)29-50(44)59-51)53-40-23-9-12-24-45(40)55-54(56-53)58-47-26-14-11-22-39(47)43-31-42-38-21-10-13-25-46(38)57(48(42)32-49(43)58)37-19-5-2-6-20-37;1-3-15-33(16-4-1)41-30-36(32-49-50(41)42-29-34-17-7-8-18-35(34)31-48(42)59-49)53-38-21-9-12-24-43(38)55-54(56-53)58-45-26-14-11-23-40(45)52-47(58)28-27-46-51(52)39-22-10-13-25-44(39)57(46)37-19-5-2-6-20-37/h2*1-32H. The van der Waals surface area contributed by atoms with E-state index in [2.05, 4.69) is 407 Å². The van der Waals surface area contributed by atoms with Crippen molar-refractivity contribution in [1.82, 2.24) is 38.2 Å². The summed E-state index contributed by atoms with van der Waals surface area (Å²) in [6, 6.07) is 138. The molecule has 10 heteroatoms. The number of aromatic nitrogens is 8. The number of furan rings is 2. The number of rotatable bonds is 8. The molecule has 0 atom stereocenters. The Balaban J connectivity index is 0.000000131. The Labute approximate surface area is 673 Å². The number of hydrogen-bond donors (Lipinski definition) is 0. The largest absolute Gasteiger partial charge is 0.456 e. The molecular weight excluding hydrogens is 1440 g/mol. The van der Waals surface area contributed by atoms with Gasteiger partial charge in [0, 0.05) is 97.9 Å². The molecule has 26 aromatic rings. The van der Waals surface area contributed by atoms with E-state index in [0.717, 1.165) is 182 Å². The van der Waals surface area contributed by atoms with Crippen molar-refractivity contribution in [3.05, 3.63) is 388 Å². The molecule has 0 aliphatic rings. The fourth-order valence-electron chi connectivity index (χ4n) is 19.0. The fourth-order valence-corrected chi connectivity index (χ4v) is 19.0. The van der Waals surface area contributed by atoms with Crippen molar-refractivity contribution in [2.24, 2.45) is 0 Å². The van der Waals surface area contributed by atoms with Crippen LogP contribution in [0.25, 0.3) is 242 Å². The molecule has 0 saturated heterocycles. The first-order valence-electron chi connectivity index (χ1n) is 40.0. The smallest absolute Gasteiger partial charge is 0.235 e. The van der Waals surface area contributed by atoms with Gasteiger partial charge in [-0.2, -0.15) is 0 Å². The number of hydrogen-bond acceptors (Lipinski definition) is 6. The van der Waals surface area contributed by atoms with Crippen LogP contribution < -0.4 is 0 Å². The molecular formula is C108H64N8O2. The van der Waals surface area contributed by atoms with Crippen LogP contribution in [-0.4, -0.2) is 38.2 Å². The molecule has 548 valence electrons. The van der Waals surface area contributed by atoms with E-state index >= 15 is 0 Å². The van der Waals surface area contributed by atoms with Crippen molar-refractivity contribution in [2.45, 2.75) is 0 Å². The molecule has 8 aromatic heterocycles. The predicted molar refractivity (Wildman–Crippen MR) is 488 cm³/mol. The van der Waals surface area contributed by atoms with Crippen LogP contribution in [0.2, 0.25) is 0 Å². The normalized spacial score (nSPS) is 12.1. The van der Waals surface area contributed by atoms with E-state index < -0.39 is 0 Å². The minimum Gasteiger partial charge on any atom is -0.456 e. The van der Waals surface area contributed by atoms with E-state index in [-0.39, 0.29) is 0 Å². The molecule has 0 unspecified atom stereocenters. The second-order valence-corrected chi connectivity index (χ2v) is 30.7. The lowest BCUT2D eigenvalue weighted by atomic mass is 9.94. The molecule has 0 radical (unpaired) electrons. The van der Waals surface area contributed by atoms with Gasteiger partial charge < -0.3 is 18.0 Å². The number of benzene rings is 18. The maximum Gasteiger partial charge on any atom is 0.235 e. The second kappa shape index (κ2) is 25.7. The molecule has 0 aliphatic carbocycles. The molecule has 0 saturated carbocycles. The van der Waals surface area contributed by atoms with Crippen molar-refractivity contribution in [2.75, 3.05) is 0 Å². The summed E-state index contributed by atoms with van der Waals surface area (Å²) in [4.78, 5) is 21.8. The fraction of sp³-hybridized carbons (Fsp3) is 0. The van der Waals surface area contributed by atoms with Gasteiger partial charge in [-0.1, -0.05) is 255 Å². The summed E-state index contributed by atoms with van der Waals surface area (Å²) in [5.41, 5.74) is 24.3. The van der Waals surface area contributed by atoms with Gasteiger partial charge in [-0.3, -0.25) is 9.13 Å². The first-order valence-corrected chi connectivity index (χ1v) is 40.0. The van der Waals surface area contributed by atoms with Gasteiger partial charge in [0.05, 0.1) is 66.6 Å². The lowest BCUT2D eigenvalue weighted by Gasteiger charge is -2.13. The van der Waals surface area contributed by atoms with Crippen LogP contribution in [0.15, 0.2) is 397 Å². The maximum absolute atomic E-state index is 6.78. The molecule has 118 heavy (non-hydrogen) atoms. The summed E-state index contributed by atoms with van der Waals surface area (Å²) in [7, 11) is 0. The van der Waals surface area contributed by atoms with Crippen molar-refractivity contribution in [1.29, 1.82) is 0 Å². The zero-order valence-corrected chi connectivity index (χ0v) is 63.3. The van der Waals surface area contributed by atoms with Crippen molar-refractivity contribution in [3.63, 3.8) is 0 Å². The summed E-state index contributed by atoms with van der Waals surface area (Å²) >= 11 is 0. The van der Waals surface area contributed by atoms with Crippen molar-refractivity contribution >= 4 is 174 Å². The zero-order chi connectivity index (χ0) is 77.2. The van der Waals surface area contributed by atoms with E-state index in [4.69, 9.17) is 28.8 Å². The molecule has 0 N–H and O–H groups in total. The minimum atomic E-state index is 0.615. The highest BCUT2D eigenvalue weighted by atomic mass is 16.3. The molecule has 0 fully saturated rings. The number of fused-ring (bicyclic) bond motifs is 23. The summed E-state index contributed by atoms with van der Waals surface area (Å²) in [5.74, 6) is 1.23. The van der Waals surface area contributed by atoms with Gasteiger partial charge in [-0.25, -0.2) is 19.9 Å². The van der Waals surface area contributed by atoms with Gasteiger partial charge >= 0.3 is 0 Å². The number of nitrogens with zero attached hydrogens (tertiary/aromatic N) is 8. The van der Waals surface area contributed by atoms with E-state index in [1.54, 1.807) is 0 Å². The third-order valence-electron chi connectivity index (χ3n) is 24.1. The van der Waals surface area contributed by atoms with Crippen LogP contribution in [0, 0.1) is 0 Å². The van der Waals surface area contributed by atoms with Gasteiger partial charge in [0.2, 0.25) is 11.9 Å². The molecule has 26 rings (SSSR count). The summed E-state index contributed by atoms with van der Waals surface area (Å²) in [6.45, 7) is 0. The van der Waals surface area contributed by atoms with E-state index in [1.165, 1.54) is 48.7 Å². The van der Waals surface area contributed by atoms with E-state index in [0.29, 0.717) is 11.9 Å². The molecule has 0 amide bonds. The predicted octanol–water partition coefficient (Wildman–Crippen LogP) is 28.4. The topological polar surface area (TPSA) is 97.6 Å². The first kappa shape index (κ1) is 65.5. The van der Waals surface area contributed by atoms with E-state index in [1.807, 2.05) is 0 Å². The average Bonchev–Trinajstić information content (AvgIpc) is 1.55. The molecule has 0 spiro atoms. The third kappa shape index (κ3) is 9.99. The molecule has 0 aliphatic heterocycles. The van der Waals surface area contributed by atoms with Crippen LogP contribution in [0.3, 0.4) is 0 Å². The molecule has 0 bridgehead atoms. The van der Waals surface area contributed by atoms with Crippen LogP contribution in [0.1, 0.15) is 0 Å². The van der Waals surface area contributed by atoms with Crippen LogP contribution in [0.4, 0.5) is 0 Å². The SMILES string of the molecule is c1ccc(-c2cc(-c3nc(-n4c5ccccc5c5c6c7ccccc7n(-c7ccccc7)c6ccc54)nc4ccccc34)cc3oc4cc5ccccc5cc4c23)cc1.c1ccc(-c2cc(-c3nc(-n4c5ccccc5c5cc6c7ccccc7n(-c7ccccc7)c6cc54)nc4ccccc34)cc3oc4cc5ccccc5cc4c23)cc1. The van der Waals surface area contributed by atoms with E-state index in [9.17, 15) is 0 Å². The summed E-state index contributed by atoms with van der Waals surface area (Å²) in [6.07, 6.45) is 0. The van der Waals surface area contributed by atoms with Crippen LogP contribution in [-0.2, 0) is 0 Å². The Hall–Kier alpha value is -16.0. The molecule has 8 heterocycles. The Morgan fingerprint density at radius 3 is 0.992 bits per heavy atom. The highest BCUT2D eigenvalue weighted by Crippen LogP contribution is 2.48. The van der Waals surface area contributed by atoms with Crippen LogP contribution >= 0.6 is 0 Å². The number of para-hydroxylation sites is 8. The van der Waals surface area contributed by atoms with Crippen molar-refractivity contribution < 1.29 is 8.83 Å². The highest BCUT2D eigenvalue weighted by molar-refractivity contribution is 6.29. The monoisotopic (exact) mass is 1500 g/mol. The van der Waals surface area contributed by atoms with Gasteiger partial charge in [-0.05, 0) is 177 Å². The third-order valence-corrected chi connectivity index (χ3v) is 24.1. The van der Waals surface area contributed by atoms with Crippen molar-refractivity contribution in [3.8, 4) is 68.0 Å². The van der Waals surface area contributed by atoms with Gasteiger partial charge in [0.25, 0.3) is 0 Å². The van der Waals surface area contributed by atoms with Gasteiger partial charge in [-0.15, -0.1) is 0 Å². The highest BCUT2D eigenvalue weighted by Gasteiger charge is 2.27. The maximum atomic E-state index is 6.78. The summed E-state index contributed by atoms with van der Waals surface area (Å²) < 4.78 is 22.8. The Kier molecular flexibility index (Phi) is 14.3. The minimum absolute atomic E-state index is 0.615. The molecule has 18 aromatic carbocycles. The quantitative estimate of drug-likeness (QED) is 0.150. The molecule has 10 nitrogen and oxygen atoms in total. The zero-order valence-electron chi connectivity index (χ0n) is 63.3. The second-order valence-electron chi connectivity index (χ2n) is 30.7. The lowest BCUT2D eigenvalue weighted by Crippen LogP contribution is -2.03. The Morgan fingerprint density at radius 2 is 0.525 bits per heavy atom. The van der Waals surface area contributed by atoms with Gasteiger partial charge in [0.1, 0.15) is 22.3 Å². The van der Waals surface area contributed by atoms with Gasteiger partial charge in [0.15, 0.2) is 0 Å². The average molecular weight is 1510 g/mol. The Morgan fingerprint density at radius 1 is 0.186 bits per heavy atom. The Bertz CT molecular complexity index is 8690. The first-order chi connectivity index (χ1) is 58.5. The van der Waals surface area contributed by atoms with Crippen LogP contribution in [0.5, 0.6) is 0 Å².